The van der Waals surface area contributed by atoms with E-state index in [1.165, 1.54) is 0 Å². The second kappa shape index (κ2) is 8.85. The van der Waals surface area contributed by atoms with Crippen LogP contribution in [0.25, 0.3) is 5.69 Å². The second-order valence-corrected chi connectivity index (χ2v) is 7.75. The highest BCUT2D eigenvalue weighted by Gasteiger charge is 2.20. The van der Waals surface area contributed by atoms with Crippen molar-refractivity contribution in [2.75, 3.05) is 18.5 Å². The van der Waals surface area contributed by atoms with Gasteiger partial charge in [0.1, 0.15) is 12.4 Å². The Morgan fingerprint density at radius 1 is 1.30 bits per heavy atom. The minimum atomic E-state index is -0.355. The standard InChI is InChI=1S/C22H23ClN4O3/c1-14-8-9-19(20(11-14)30-13-18-7-4-10-29-18)24-22(28)21-15(2)27(26-25-21)17-6-3-5-16(23)12-17/h3,5-6,8-9,11-12,18H,4,7,10,13H2,1-2H3,(H,24,28). The Kier molecular flexibility index (Phi) is 6.01. The van der Waals surface area contributed by atoms with Crippen LogP contribution in [0.15, 0.2) is 42.5 Å². The Labute approximate surface area is 179 Å². The fourth-order valence-corrected chi connectivity index (χ4v) is 3.57. The number of hydrogen-bond donors (Lipinski definition) is 1. The number of carbonyl (C=O) groups is 1. The van der Waals surface area contributed by atoms with Gasteiger partial charge in [-0.1, -0.05) is 28.9 Å². The number of nitrogens with zero attached hydrogens (tertiary/aromatic N) is 3. The number of ether oxygens (including phenoxy) is 2. The zero-order valence-corrected chi connectivity index (χ0v) is 17.6. The van der Waals surface area contributed by atoms with E-state index in [2.05, 4.69) is 15.6 Å². The molecule has 0 spiro atoms. The third-order valence-electron chi connectivity index (χ3n) is 5.00. The molecule has 1 saturated heterocycles. The molecule has 1 aliphatic rings. The molecule has 156 valence electrons. The topological polar surface area (TPSA) is 78.3 Å². The maximum atomic E-state index is 12.9. The van der Waals surface area contributed by atoms with Gasteiger partial charge in [0.05, 0.1) is 23.2 Å². The molecule has 0 aliphatic carbocycles. The summed E-state index contributed by atoms with van der Waals surface area (Å²) in [6.07, 6.45) is 2.13. The van der Waals surface area contributed by atoms with Crippen LogP contribution in [0.4, 0.5) is 5.69 Å². The maximum Gasteiger partial charge on any atom is 0.278 e. The SMILES string of the molecule is Cc1ccc(NC(=O)c2nnn(-c3cccc(Cl)c3)c2C)c(OCC2CCCO2)c1. The molecule has 1 fully saturated rings. The van der Waals surface area contributed by atoms with Gasteiger partial charge in [-0.2, -0.15) is 0 Å². The molecular weight excluding hydrogens is 404 g/mol. The van der Waals surface area contributed by atoms with Gasteiger partial charge in [-0.25, -0.2) is 4.68 Å². The highest BCUT2D eigenvalue weighted by molar-refractivity contribution is 6.30. The first-order chi connectivity index (χ1) is 14.5. The average molecular weight is 427 g/mol. The third-order valence-corrected chi connectivity index (χ3v) is 5.23. The van der Waals surface area contributed by atoms with Crippen molar-refractivity contribution in [2.24, 2.45) is 0 Å². The molecule has 1 amide bonds. The predicted octanol–water partition coefficient (Wildman–Crippen LogP) is 4.35. The molecule has 1 N–H and O–H groups in total. The number of benzene rings is 2. The molecule has 1 aliphatic heterocycles. The van der Waals surface area contributed by atoms with Crippen molar-refractivity contribution in [3.8, 4) is 11.4 Å². The van der Waals surface area contributed by atoms with Gasteiger partial charge in [0.2, 0.25) is 0 Å². The molecule has 1 unspecified atom stereocenters. The van der Waals surface area contributed by atoms with Gasteiger partial charge in [0.15, 0.2) is 5.69 Å². The first-order valence-corrected chi connectivity index (χ1v) is 10.2. The van der Waals surface area contributed by atoms with Crippen LogP contribution in [0.3, 0.4) is 0 Å². The molecule has 0 saturated carbocycles. The van der Waals surface area contributed by atoms with Crippen molar-refractivity contribution < 1.29 is 14.3 Å². The normalized spacial score (nSPS) is 15.9. The lowest BCUT2D eigenvalue weighted by molar-refractivity contribution is 0.0681. The van der Waals surface area contributed by atoms with E-state index < -0.39 is 0 Å². The van der Waals surface area contributed by atoms with Gasteiger partial charge in [-0.3, -0.25) is 4.79 Å². The van der Waals surface area contributed by atoms with Crippen LogP contribution in [0.5, 0.6) is 5.75 Å². The number of amides is 1. The van der Waals surface area contributed by atoms with Gasteiger partial charge < -0.3 is 14.8 Å². The molecule has 7 nitrogen and oxygen atoms in total. The highest BCUT2D eigenvalue weighted by atomic mass is 35.5. The number of anilines is 1. The van der Waals surface area contributed by atoms with Crippen molar-refractivity contribution in [1.29, 1.82) is 0 Å². The summed E-state index contributed by atoms with van der Waals surface area (Å²) < 4.78 is 13.2. The number of aryl methyl sites for hydroxylation is 1. The molecule has 2 aromatic carbocycles. The molecule has 0 bridgehead atoms. The van der Waals surface area contributed by atoms with Crippen molar-refractivity contribution in [1.82, 2.24) is 15.0 Å². The summed E-state index contributed by atoms with van der Waals surface area (Å²) in [6.45, 7) is 4.99. The van der Waals surface area contributed by atoms with Crippen LogP contribution in [0.1, 0.15) is 34.6 Å². The molecule has 1 atom stereocenters. The first kappa shape index (κ1) is 20.4. The number of aromatic nitrogens is 3. The number of hydrogen-bond acceptors (Lipinski definition) is 5. The Morgan fingerprint density at radius 2 is 2.17 bits per heavy atom. The monoisotopic (exact) mass is 426 g/mol. The Bertz CT molecular complexity index is 1060. The Morgan fingerprint density at radius 3 is 2.93 bits per heavy atom. The van der Waals surface area contributed by atoms with Crippen molar-refractivity contribution in [3.05, 3.63) is 64.4 Å². The zero-order chi connectivity index (χ0) is 21.1. The fraction of sp³-hybridized carbons (Fsp3) is 0.318. The van der Waals surface area contributed by atoms with Gasteiger partial charge in [0, 0.05) is 11.6 Å². The van der Waals surface area contributed by atoms with Crippen LogP contribution in [-0.4, -0.2) is 40.2 Å². The molecule has 1 aromatic heterocycles. The van der Waals surface area contributed by atoms with E-state index in [0.717, 1.165) is 30.7 Å². The van der Waals surface area contributed by atoms with E-state index in [1.807, 2.05) is 37.3 Å². The van der Waals surface area contributed by atoms with E-state index >= 15 is 0 Å². The Balaban J connectivity index is 1.53. The summed E-state index contributed by atoms with van der Waals surface area (Å²) in [5.74, 6) is 0.255. The summed E-state index contributed by atoms with van der Waals surface area (Å²) in [7, 11) is 0. The van der Waals surface area contributed by atoms with Crippen molar-refractivity contribution >= 4 is 23.2 Å². The summed E-state index contributed by atoms with van der Waals surface area (Å²) >= 11 is 6.07. The van der Waals surface area contributed by atoms with Crippen LogP contribution >= 0.6 is 11.6 Å². The lowest BCUT2D eigenvalue weighted by Crippen LogP contribution is -2.18. The maximum absolute atomic E-state index is 12.9. The molecule has 0 radical (unpaired) electrons. The predicted molar refractivity (Wildman–Crippen MR) is 115 cm³/mol. The van der Waals surface area contributed by atoms with Gasteiger partial charge in [-0.05, 0) is 62.6 Å². The molecule has 30 heavy (non-hydrogen) atoms. The number of nitrogens with one attached hydrogen (secondary N) is 1. The summed E-state index contributed by atoms with van der Waals surface area (Å²) in [5, 5.41) is 11.7. The minimum Gasteiger partial charge on any atom is -0.489 e. The molecule has 3 aromatic rings. The van der Waals surface area contributed by atoms with E-state index in [4.69, 9.17) is 21.1 Å². The van der Waals surface area contributed by atoms with E-state index in [1.54, 1.807) is 23.7 Å². The van der Waals surface area contributed by atoms with Crippen molar-refractivity contribution in [2.45, 2.75) is 32.8 Å². The van der Waals surface area contributed by atoms with E-state index in [-0.39, 0.29) is 17.7 Å². The highest BCUT2D eigenvalue weighted by Crippen LogP contribution is 2.28. The van der Waals surface area contributed by atoms with Crippen molar-refractivity contribution in [3.63, 3.8) is 0 Å². The quantitative estimate of drug-likeness (QED) is 0.634. The summed E-state index contributed by atoms with van der Waals surface area (Å²) in [4.78, 5) is 12.9. The lowest BCUT2D eigenvalue weighted by atomic mass is 10.2. The van der Waals surface area contributed by atoms with Gasteiger partial charge >= 0.3 is 0 Å². The number of carbonyl (C=O) groups excluding carboxylic acids is 1. The molecular formula is C22H23ClN4O3. The molecule has 2 heterocycles. The van der Waals surface area contributed by atoms with Gasteiger partial charge in [0.25, 0.3) is 5.91 Å². The third kappa shape index (κ3) is 4.47. The lowest BCUT2D eigenvalue weighted by Gasteiger charge is -2.15. The average Bonchev–Trinajstić information content (AvgIpc) is 3.37. The minimum absolute atomic E-state index is 0.0916. The molecule has 8 heteroatoms. The van der Waals surface area contributed by atoms with E-state index in [9.17, 15) is 4.79 Å². The molecule has 4 rings (SSSR count). The van der Waals surface area contributed by atoms with Crippen LogP contribution < -0.4 is 10.1 Å². The van der Waals surface area contributed by atoms with E-state index in [0.29, 0.717) is 28.8 Å². The summed E-state index contributed by atoms with van der Waals surface area (Å²) in [6, 6.07) is 12.9. The largest absolute Gasteiger partial charge is 0.489 e. The Hall–Kier alpha value is -2.90. The van der Waals surface area contributed by atoms with Crippen LogP contribution in [0, 0.1) is 13.8 Å². The number of rotatable bonds is 6. The summed E-state index contributed by atoms with van der Waals surface area (Å²) in [5.41, 5.74) is 3.21. The fourth-order valence-electron chi connectivity index (χ4n) is 3.38. The van der Waals surface area contributed by atoms with Crippen LogP contribution in [-0.2, 0) is 4.74 Å². The second-order valence-electron chi connectivity index (χ2n) is 7.31. The first-order valence-electron chi connectivity index (χ1n) is 9.86. The van der Waals surface area contributed by atoms with Gasteiger partial charge in [-0.15, -0.1) is 5.10 Å². The van der Waals surface area contributed by atoms with Crippen LogP contribution in [0.2, 0.25) is 5.02 Å². The zero-order valence-electron chi connectivity index (χ0n) is 16.9. The number of halogens is 1. The smallest absolute Gasteiger partial charge is 0.278 e.